The van der Waals surface area contributed by atoms with Crippen molar-refractivity contribution >= 4 is 5.91 Å². The first-order chi connectivity index (χ1) is 8.90. The smallest absolute Gasteiger partial charge is 0.222 e. The number of carbonyl (C=O) groups excluding carboxylic acids is 1. The number of benzene rings is 1. The molecule has 0 bridgehead atoms. The third-order valence-electron chi connectivity index (χ3n) is 2.59. The molecular formula is C14H19F2NO2. The number of nitrogens with one attached hydrogen (secondary N) is 1. The van der Waals surface area contributed by atoms with Gasteiger partial charge in [-0.05, 0) is 26.8 Å². The molecule has 0 spiro atoms. The number of hydrogen-bond donors (Lipinski definition) is 1. The average molecular weight is 271 g/mol. The molecule has 5 heteroatoms. The summed E-state index contributed by atoms with van der Waals surface area (Å²) in [4.78, 5) is 11.6. The monoisotopic (exact) mass is 271 g/mol. The van der Waals surface area contributed by atoms with Crippen LogP contribution in [0.3, 0.4) is 0 Å². The van der Waals surface area contributed by atoms with Crippen LogP contribution in [0.15, 0.2) is 18.2 Å². The third-order valence-corrected chi connectivity index (χ3v) is 2.59. The summed E-state index contributed by atoms with van der Waals surface area (Å²) in [5.74, 6) is -1.52. The lowest BCUT2D eigenvalue weighted by Gasteiger charge is -2.15. The van der Waals surface area contributed by atoms with E-state index in [0.29, 0.717) is 6.61 Å². The van der Waals surface area contributed by atoms with Crippen LogP contribution in [0.25, 0.3) is 0 Å². The number of carbonyl (C=O) groups is 1. The maximum atomic E-state index is 13.5. The fourth-order valence-electron chi connectivity index (χ4n) is 1.63. The zero-order valence-electron chi connectivity index (χ0n) is 11.4. The standard InChI is InChI=1S/C14H19F2NO2/c1-9(2)19-7-6-14(18)17-10(3)12-5-4-11(15)8-13(12)16/h4-5,8-10H,6-7H2,1-3H3,(H,17,18). The Morgan fingerprint density at radius 2 is 2.00 bits per heavy atom. The highest BCUT2D eigenvalue weighted by atomic mass is 19.1. The van der Waals surface area contributed by atoms with Gasteiger partial charge in [0.2, 0.25) is 5.91 Å². The maximum absolute atomic E-state index is 13.5. The van der Waals surface area contributed by atoms with Crippen LogP contribution in [0, 0.1) is 11.6 Å². The number of amides is 1. The van der Waals surface area contributed by atoms with Crippen LogP contribution in [0.2, 0.25) is 0 Å². The first kappa shape index (κ1) is 15.6. The molecule has 19 heavy (non-hydrogen) atoms. The highest BCUT2D eigenvalue weighted by molar-refractivity contribution is 5.76. The first-order valence-electron chi connectivity index (χ1n) is 6.26. The summed E-state index contributed by atoms with van der Waals surface area (Å²) < 4.78 is 31.5. The van der Waals surface area contributed by atoms with Crippen LogP contribution in [0.5, 0.6) is 0 Å². The van der Waals surface area contributed by atoms with E-state index in [1.54, 1.807) is 6.92 Å². The lowest BCUT2D eigenvalue weighted by Crippen LogP contribution is -2.28. The van der Waals surface area contributed by atoms with Crippen molar-refractivity contribution < 1.29 is 18.3 Å². The molecule has 3 nitrogen and oxygen atoms in total. The van der Waals surface area contributed by atoms with Crippen LogP contribution in [-0.4, -0.2) is 18.6 Å². The molecule has 1 aromatic rings. The molecule has 1 aromatic carbocycles. The minimum absolute atomic E-state index is 0.0692. The second-order valence-electron chi connectivity index (χ2n) is 4.62. The van der Waals surface area contributed by atoms with Gasteiger partial charge in [0.25, 0.3) is 0 Å². The molecule has 0 aliphatic carbocycles. The van der Waals surface area contributed by atoms with Gasteiger partial charge in [0, 0.05) is 18.1 Å². The Labute approximate surface area is 112 Å². The van der Waals surface area contributed by atoms with Gasteiger partial charge in [-0.1, -0.05) is 6.07 Å². The normalized spacial score (nSPS) is 12.5. The van der Waals surface area contributed by atoms with E-state index in [2.05, 4.69) is 5.32 Å². The Kier molecular flexibility index (Phi) is 5.89. The van der Waals surface area contributed by atoms with Gasteiger partial charge in [-0.3, -0.25) is 4.79 Å². The van der Waals surface area contributed by atoms with E-state index in [1.807, 2.05) is 13.8 Å². The highest BCUT2D eigenvalue weighted by Gasteiger charge is 2.14. The molecule has 1 unspecified atom stereocenters. The van der Waals surface area contributed by atoms with Crippen molar-refractivity contribution in [2.45, 2.75) is 39.3 Å². The molecule has 106 valence electrons. The number of ether oxygens (including phenoxy) is 1. The van der Waals surface area contributed by atoms with Crippen molar-refractivity contribution in [3.63, 3.8) is 0 Å². The van der Waals surface area contributed by atoms with Gasteiger partial charge in [0.15, 0.2) is 0 Å². The van der Waals surface area contributed by atoms with Crippen LogP contribution in [0.1, 0.15) is 38.8 Å². The fourth-order valence-corrected chi connectivity index (χ4v) is 1.63. The molecule has 1 rings (SSSR count). The molecule has 0 saturated carbocycles. The second-order valence-corrected chi connectivity index (χ2v) is 4.62. The Balaban J connectivity index is 2.49. The van der Waals surface area contributed by atoms with E-state index in [4.69, 9.17) is 4.74 Å². The van der Waals surface area contributed by atoms with Crippen LogP contribution >= 0.6 is 0 Å². The summed E-state index contributed by atoms with van der Waals surface area (Å²) in [7, 11) is 0. The summed E-state index contributed by atoms with van der Waals surface area (Å²) in [6.07, 6.45) is 0.283. The van der Waals surface area contributed by atoms with Crippen molar-refractivity contribution in [2.75, 3.05) is 6.61 Å². The van der Waals surface area contributed by atoms with Crippen molar-refractivity contribution in [3.8, 4) is 0 Å². The molecule has 0 heterocycles. The molecule has 0 aliphatic rings. The van der Waals surface area contributed by atoms with Crippen molar-refractivity contribution in [1.82, 2.24) is 5.32 Å². The quantitative estimate of drug-likeness (QED) is 0.864. The average Bonchev–Trinajstić information content (AvgIpc) is 2.27. The van der Waals surface area contributed by atoms with Crippen LogP contribution in [0.4, 0.5) is 8.78 Å². The summed E-state index contributed by atoms with van der Waals surface area (Å²) in [6.45, 7) is 5.74. The van der Waals surface area contributed by atoms with Crippen LogP contribution < -0.4 is 5.32 Å². The lowest BCUT2D eigenvalue weighted by molar-refractivity contribution is -0.123. The predicted molar refractivity (Wildman–Crippen MR) is 68.6 cm³/mol. The lowest BCUT2D eigenvalue weighted by atomic mass is 10.1. The van der Waals surface area contributed by atoms with E-state index in [1.165, 1.54) is 12.1 Å². The molecule has 0 fully saturated rings. The SMILES string of the molecule is CC(C)OCCC(=O)NC(C)c1ccc(F)cc1F. The first-order valence-corrected chi connectivity index (χ1v) is 6.26. The van der Waals surface area contributed by atoms with Gasteiger partial charge in [0.1, 0.15) is 11.6 Å². The Hall–Kier alpha value is -1.49. The number of rotatable bonds is 6. The molecule has 1 N–H and O–H groups in total. The molecular weight excluding hydrogens is 252 g/mol. The van der Waals surface area contributed by atoms with Gasteiger partial charge < -0.3 is 10.1 Å². The summed E-state index contributed by atoms with van der Waals surface area (Å²) >= 11 is 0. The Bertz CT molecular complexity index is 435. The van der Waals surface area contributed by atoms with E-state index < -0.39 is 17.7 Å². The second kappa shape index (κ2) is 7.19. The predicted octanol–water partition coefficient (Wildman–Crippen LogP) is 2.96. The number of halogens is 2. The maximum Gasteiger partial charge on any atom is 0.222 e. The van der Waals surface area contributed by atoms with E-state index >= 15 is 0 Å². The van der Waals surface area contributed by atoms with Gasteiger partial charge in [-0.2, -0.15) is 0 Å². The topological polar surface area (TPSA) is 38.3 Å². The minimum Gasteiger partial charge on any atom is -0.378 e. The molecule has 0 aliphatic heterocycles. The fraction of sp³-hybridized carbons (Fsp3) is 0.500. The zero-order chi connectivity index (χ0) is 14.4. The Morgan fingerprint density at radius 3 is 2.58 bits per heavy atom. The molecule has 0 radical (unpaired) electrons. The van der Waals surface area contributed by atoms with Gasteiger partial charge in [0.05, 0.1) is 18.8 Å². The Morgan fingerprint density at radius 1 is 1.32 bits per heavy atom. The summed E-state index contributed by atoms with van der Waals surface area (Å²) in [5.41, 5.74) is 0.263. The van der Waals surface area contributed by atoms with Gasteiger partial charge in [-0.15, -0.1) is 0 Å². The minimum atomic E-state index is -0.661. The summed E-state index contributed by atoms with van der Waals surface area (Å²) in [5, 5.41) is 2.65. The molecule has 0 saturated heterocycles. The van der Waals surface area contributed by atoms with E-state index in [0.717, 1.165) is 6.07 Å². The van der Waals surface area contributed by atoms with Crippen molar-refractivity contribution in [1.29, 1.82) is 0 Å². The van der Waals surface area contributed by atoms with Gasteiger partial charge in [-0.25, -0.2) is 8.78 Å². The molecule has 1 atom stereocenters. The molecule has 0 aromatic heterocycles. The largest absolute Gasteiger partial charge is 0.378 e. The third kappa shape index (κ3) is 5.34. The molecule has 1 amide bonds. The summed E-state index contributed by atoms with van der Waals surface area (Å²) in [6, 6.07) is 2.80. The van der Waals surface area contributed by atoms with Crippen LogP contribution in [-0.2, 0) is 9.53 Å². The zero-order valence-corrected chi connectivity index (χ0v) is 11.4. The number of hydrogen-bond acceptors (Lipinski definition) is 2. The van der Waals surface area contributed by atoms with Crippen molar-refractivity contribution in [3.05, 3.63) is 35.4 Å². The van der Waals surface area contributed by atoms with E-state index in [9.17, 15) is 13.6 Å². The highest BCUT2D eigenvalue weighted by Crippen LogP contribution is 2.17. The van der Waals surface area contributed by atoms with Gasteiger partial charge >= 0.3 is 0 Å². The van der Waals surface area contributed by atoms with E-state index in [-0.39, 0.29) is 24.0 Å². The van der Waals surface area contributed by atoms with Crippen molar-refractivity contribution in [2.24, 2.45) is 0 Å².